The van der Waals surface area contributed by atoms with Crippen LogP contribution >= 0.6 is 0 Å². The first-order valence-electron chi connectivity index (χ1n) is 4.80. The third-order valence-corrected chi connectivity index (χ3v) is 2.59. The van der Waals surface area contributed by atoms with Crippen molar-refractivity contribution >= 4 is 5.57 Å². The van der Waals surface area contributed by atoms with Gasteiger partial charge in [-0.2, -0.15) is 0 Å². The topological polar surface area (TPSA) is 26.0 Å². The SMILES string of the molecule is Cc1ccc2c(c1)CC=C2CCN. The number of hydrogen-bond acceptors (Lipinski definition) is 1. The fourth-order valence-electron chi connectivity index (χ4n) is 1.94. The quantitative estimate of drug-likeness (QED) is 0.729. The molecule has 0 saturated heterocycles. The van der Waals surface area contributed by atoms with E-state index in [9.17, 15) is 0 Å². The molecular weight excluding hydrogens is 158 g/mol. The highest BCUT2D eigenvalue weighted by Gasteiger charge is 2.12. The summed E-state index contributed by atoms with van der Waals surface area (Å²) in [7, 11) is 0. The first-order chi connectivity index (χ1) is 6.31. The number of fused-ring (bicyclic) bond motifs is 1. The maximum Gasteiger partial charge on any atom is -0.00366 e. The minimum Gasteiger partial charge on any atom is -0.330 e. The lowest BCUT2D eigenvalue weighted by molar-refractivity contribution is 1.02. The summed E-state index contributed by atoms with van der Waals surface area (Å²) in [6.07, 6.45) is 4.40. The van der Waals surface area contributed by atoms with Gasteiger partial charge in [0.1, 0.15) is 0 Å². The van der Waals surface area contributed by atoms with Gasteiger partial charge >= 0.3 is 0 Å². The Balaban J connectivity index is 2.34. The van der Waals surface area contributed by atoms with E-state index >= 15 is 0 Å². The smallest absolute Gasteiger partial charge is 0.00366 e. The average molecular weight is 173 g/mol. The monoisotopic (exact) mass is 173 g/mol. The van der Waals surface area contributed by atoms with Gasteiger partial charge < -0.3 is 5.73 Å². The highest BCUT2D eigenvalue weighted by Crippen LogP contribution is 2.29. The molecule has 0 aromatic heterocycles. The molecule has 0 amide bonds. The Hall–Kier alpha value is -1.08. The van der Waals surface area contributed by atoms with Gasteiger partial charge in [-0.3, -0.25) is 0 Å². The van der Waals surface area contributed by atoms with Crippen LogP contribution in [0.25, 0.3) is 5.57 Å². The highest BCUT2D eigenvalue weighted by molar-refractivity contribution is 5.73. The zero-order chi connectivity index (χ0) is 9.26. The van der Waals surface area contributed by atoms with Crippen LogP contribution in [0.4, 0.5) is 0 Å². The Bertz CT molecular complexity index is 350. The fraction of sp³-hybridized carbons (Fsp3) is 0.333. The summed E-state index contributed by atoms with van der Waals surface area (Å²) in [6, 6.07) is 6.67. The van der Waals surface area contributed by atoms with Crippen molar-refractivity contribution in [1.29, 1.82) is 0 Å². The van der Waals surface area contributed by atoms with E-state index in [-0.39, 0.29) is 0 Å². The van der Waals surface area contributed by atoms with E-state index in [0.29, 0.717) is 0 Å². The summed E-state index contributed by atoms with van der Waals surface area (Å²) in [6.45, 7) is 2.89. The number of allylic oxidation sites excluding steroid dienone is 1. The van der Waals surface area contributed by atoms with Gasteiger partial charge in [0.25, 0.3) is 0 Å². The van der Waals surface area contributed by atoms with E-state index in [0.717, 1.165) is 19.4 Å². The normalized spacial score (nSPS) is 14.2. The molecule has 0 fully saturated rings. The highest BCUT2D eigenvalue weighted by atomic mass is 14.5. The number of nitrogens with two attached hydrogens (primary N) is 1. The van der Waals surface area contributed by atoms with Crippen molar-refractivity contribution in [3.63, 3.8) is 0 Å². The fourth-order valence-corrected chi connectivity index (χ4v) is 1.94. The molecule has 0 heterocycles. The third kappa shape index (κ3) is 1.52. The molecule has 0 aliphatic heterocycles. The van der Waals surface area contributed by atoms with Crippen LogP contribution in [-0.4, -0.2) is 6.54 Å². The van der Waals surface area contributed by atoms with E-state index < -0.39 is 0 Å². The number of aryl methyl sites for hydroxylation is 1. The second kappa shape index (κ2) is 3.35. The van der Waals surface area contributed by atoms with Crippen LogP contribution in [0, 0.1) is 6.92 Å². The van der Waals surface area contributed by atoms with Crippen LogP contribution < -0.4 is 5.73 Å². The Labute approximate surface area is 79.3 Å². The molecule has 1 nitrogen and oxygen atoms in total. The third-order valence-electron chi connectivity index (χ3n) is 2.59. The van der Waals surface area contributed by atoms with Gasteiger partial charge in [0, 0.05) is 0 Å². The minimum atomic E-state index is 0.749. The maximum atomic E-state index is 5.55. The zero-order valence-corrected chi connectivity index (χ0v) is 8.01. The summed E-state index contributed by atoms with van der Waals surface area (Å²) in [5.41, 5.74) is 11.2. The second-order valence-electron chi connectivity index (χ2n) is 3.63. The van der Waals surface area contributed by atoms with Gasteiger partial charge in [0.2, 0.25) is 0 Å². The average Bonchev–Trinajstić information content (AvgIpc) is 2.49. The van der Waals surface area contributed by atoms with Gasteiger partial charge in [-0.15, -0.1) is 0 Å². The Morgan fingerprint density at radius 1 is 1.38 bits per heavy atom. The summed E-state index contributed by atoms with van der Waals surface area (Å²) < 4.78 is 0. The molecule has 0 atom stereocenters. The maximum absolute atomic E-state index is 5.55. The van der Waals surface area contributed by atoms with Crippen LogP contribution in [0.15, 0.2) is 24.3 Å². The molecule has 1 aromatic carbocycles. The molecule has 2 N–H and O–H groups in total. The van der Waals surface area contributed by atoms with Crippen molar-refractivity contribution in [3.8, 4) is 0 Å². The van der Waals surface area contributed by atoms with Crippen molar-refractivity contribution in [2.75, 3.05) is 6.54 Å². The van der Waals surface area contributed by atoms with Crippen molar-refractivity contribution in [3.05, 3.63) is 41.0 Å². The second-order valence-corrected chi connectivity index (χ2v) is 3.63. The molecule has 1 aromatic rings. The van der Waals surface area contributed by atoms with E-state index in [1.54, 1.807) is 0 Å². The molecule has 0 radical (unpaired) electrons. The number of rotatable bonds is 2. The molecule has 0 bridgehead atoms. The van der Waals surface area contributed by atoms with Crippen LogP contribution in [0.1, 0.15) is 23.1 Å². The van der Waals surface area contributed by atoms with E-state index in [4.69, 9.17) is 5.73 Å². The summed E-state index contributed by atoms with van der Waals surface area (Å²) in [4.78, 5) is 0. The van der Waals surface area contributed by atoms with Crippen LogP contribution in [-0.2, 0) is 6.42 Å². The molecule has 1 aliphatic carbocycles. The lowest BCUT2D eigenvalue weighted by Crippen LogP contribution is -1.99. The molecule has 13 heavy (non-hydrogen) atoms. The zero-order valence-electron chi connectivity index (χ0n) is 8.01. The van der Waals surface area contributed by atoms with Gasteiger partial charge in [0.05, 0.1) is 0 Å². The van der Waals surface area contributed by atoms with Gasteiger partial charge in [-0.1, -0.05) is 29.8 Å². The van der Waals surface area contributed by atoms with E-state index in [1.165, 1.54) is 22.3 Å². The predicted molar refractivity (Wildman–Crippen MR) is 56.5 cm³/mol. The number of hydrogen-bond donors (Lipinski definition) is 1. The summed E-state index contributed by atoms with van der Waals surface area (Å²) in [5, 5.41) is 0. The molecule has 0 saturated carbocycles. The van der Waals surface area contributed by atoms with Gasteiger partial charge in [-0.05, 0) is 43.0 Å². The lowest BCUT2D eigenvalue weighted by Gasteiger charge is -2.04. The van der Waals surface area contributed by atoms with E-state index in [2.05, 4.69) is 31.2 Å². The standard InChI is InChI=1S/C12H15N/c1-9-2-5-12-10(6-7-13)3-4-11(12)8-9/h2-3,5,8H,4,6-7,13H2,1H3. The predicted octanol–water partition coefficient (Wildman–Crippen LogP) is 2.28. The van der Waals surface area contributed by atoms with Gasteiger partial charge in [0.15, 0.2) is 0 Å². The van der Waals surface area contributed by atoms with Crippen molar-refractivity contribution in [1.82, 2.24) is 0 Å². The molecule has 0 spiro atoms. The Morgan fingerprint density at radius 3 is 3.00 bits per heavy atom. The Morgan fingerprint density at radius 2 is 2.23 bits per heavy atom. The first-order valence-corrected chi connectivity index (χ1v) is 4.80. The largest absolute Gasteiger partial charge is 0.330 e. The summed E-state index contributed by atoms with van der Waals surface area (Å²) in [5.74, 6) is 0. The van der Waals surface area contributed by atoms with Crippen LogP contribution in [0.2, 0.25) is 0 Å². The Kier molecular flexibility index (Phi) is 2.19. The first kappa shape index (κ1) is 8.52. The summed E-state index contributed by atoms with van der Waals surface area (Å²) >= 11 is 0. The van der Waals surface area contributed by atoms with Gasteiger partial charge in [-0.25, -0.2) is 0 Å². The van der Waals surface area contributed by atoms with Crippen molar-refractivity contribution in [2.45, 2.75) is 19.8 Å². The molecule has 2 rings (SSSR count). The minimum absolute atomic E-state index is 0.749. The molecule has 1 heteroatoms. The van der Waals surface area contributed by atoms with Crippen LogP contribution in [0.5, 0.6) is 0 Å². The molecule has 0 unspecified atom stereocenters. The lowest BCUT2D eigenvalue weighted by atomic mass is 10.0. The molecular formula is C12H15N. The molecule has 68 valence electrons. The van der Waals surface area contributed by atoms with E-state index in [1.807, 2.05) is 0 Å². The van der Waals surface area contributed by atoms with Crippen molar-refractivity contribution < 1.29 is 0 Å². The molecule has 1 aliphatic rings. The number of benzene rings is 1. The van der Waals surface area contributed by atoms with Crippen LogP contribution in [0.3, 0.4) is 0 Å². The van der Waals surface area contributed by atoms with Crippen molar-refractivity contribution in [2.24, 2.45) is 5.73 Å².